The molecule has 1 fully saturated rings. The summed E-state index contributed by atoms with van der Waals surface area (Å²) >= 11 is 4.59. The van der Waals surface area contributed by atoms with Gasteiger partial charge in [0.1, 0.15) is 0 Å². The second-order valence-corrected chi connectivity index (χ2v) is 9.39. The molecule has 2 aromatic heterocycles. The molecule has 1 saturated heterocycles. The van der Waals surface area contributed by atoms with Crippen molar-refractivity contribution in [2.75, 3.05) is 26.4 Å². The molecule has 0 bridgehead atoms. The Hall–Kier alpha value is -1.38. The highest BCUT2D eigenvalue weighted by atomic mass is 32.2. The molecule has 2 aromatic rings. The number of rotatable bonds is 5. The van der Waals surface area contributed by atoms with Crippen molar-refractivity contribution >= 4 is 46.2 Å². The molecule has 0 aromatic carbocycles. The van der Waals surface area contributed by atoms with Crippen LogP contribution in [0.5, 0.6) is 0 Å². The first-order chi connectivity index (χ1) is 12.0. The molecule has 0 spiro atoms. The van der Waals surface area contributed by atoms with Crippen LogP contribution in [0.15, 0.2) is 21.9 Å². The van der Waals surface area contributed by atoms with Crippen molar-refractivity contribution in [3.63, 3.8) is 0 Å². The normalized spacial score (nSPS) is 17.1. The maximum Gasteiger partial charge on any atom is 0.263 e. The highest BCUT2D eigenvalue weighted by Crippen LogP contribution is 2.37. The van der Waals surface area contributed by atoms with Crippen LogP contribution in [0.3, 0.4) is 0 Å². The van der Waals surface area contributed by atoms with Gasteiger partial charge in [-0.2, -0.15) is 0 Å². The molecule has 8 heteroatoms. The highest BCUT2D eigenvalue weighted by molar-refractivity contribution is 8.01. The van der Waals surface area contributed by atoms with E-state index in [1.54, 1.807) is 30.3 Å². The summed E-state index contributed by atoms with van der Waals surface area (Å²) in [5.74, 6) is 0.578. The van der Waals surface area contributed by atoms with E-state index in [0.29, 0.717) is 5.75 Å². The predicted molar refractivity (Wildman–Crippen MR) is 104 cm³/mol. The third-order valence-corrected chi connectivity index (χ3v) is 7.36. The Kier molecular flexibility index (Phi) is 5.81. The van der Waals surface area contributed by atoms with Gasteiger partial charge < -0.3 is 9.80 Å². The summed E-state index contributed by atoms with van der Waals surface area (Å²) in [6, 6.07) is 3.96. The average Bonchev–Trinajstić information content (AvgIpc) is 3.31. The average molecular weight is 396 g/mol. The van der Waals surface area contributed by atoms with Crippen molar-refractivity contribution in [3.05, 3.63) is 33.0 Å². The molecule has 0 N–H and O–H groups in total. The number of hydrogen-bond donors (Lipinski definition) is 0. The molecule has 0 radical (unpaired) electrons. The number of hydrogen-bond acceptors (Lipinski definition) is 6. The number of likely N-dealkylation sites (tertiary alicyclic amines) is 1. The lowest BCUT2D eigenvalue weighted by Crippen LogP contribution is -2.31. The predicted octanol–water partition coefficient (Wildman–Crippen LogP) is 3.67. The molecule has 0 unspecified atom stereocenters. The number of thiazole rings is 1. The van der Waals surface area contributed by atoms with Crippen LogP contribution in [0, 0.1) is 6.92 Å². The summed E-state index contributed by atoms with van der Waals surface area (Å²) in [6.07, 6.45) is 1.97. The summed E-state index contributed by atoms with van der Waals surface area (Å²) in [4.78, 5) is 34.5. The SMILES string of the molecule is Cc1csc(SCC(=O)N2CCC[C@H]2c2ccc(C(=O)N(C)C)s2)n1. The second-order valence-electron chi connectivity index (χ2n) is 6.19. The first kappa shape index (κ1) is 18.4. The van der Waals surface area contributed by atoms with E-state index in [9.17, 15) is 9.59 Å². The summed E-state index contributed by atoms with van der Waals surface area (Å²) in [6.45, 7) is 2.75. The molecule has 0 saturated carbocycles. The zero-order chi connectivity index (χ0) is 18.0. The number of carbonyl (C=O) groups is 2. The van der Waals surface area contributed by atoms with Crippen molar-refractivity contribution < 1.29 is 9.59 Å². The Morgan fingerprint density at radius 2 is 2.20 bits per heavy atom. The van der Waals surface area contributed by atoms with Crippen LogP contribution in [0.4, 0.5) is 0 Å². The van der Waals surface area contributed by atoms with Crippen molar-refractivity contribution in [1.29, 1.82) is 0 Å². The van der Waals surface area contributed by atoms with Gasteiger partial charge in [0.15, 0.2) is 4.34 Å². The van der Waals surface area contributed by atoms with E-state index in [2.05, 4.69) is 4.98 Å². The molecule has 134 valence electrons. The summed E-state index contributed by atoms with van der Waals surface area (Å²) < 4.78 is 0.941. The number of aromatic nitrogens is 1. The van der Waals surface area contributed by atoms with Crippen molar-refractivity contribution in [3.8, 4) is 0 Å². The van der Waals surface area contributed by atoms with Gasteiger partial charge in [-0.15, -0.1) is 22.7 Å². The quantitative estimate of drug-likeness (QED) is 0.725. The fourth-order valence-electron chi connectivity index (χ4n) is 2.83. The van der Waals surface area contributed by atoms with Gasteiger partial charge in [0.05, 0.1) is 16.7 Å². The molecular formula is C17H21N3O2S3. The number of nitrogens with zero attached hydrogens (tertiary/aromatic N) is 3. The van der Waals surface area contributed by atoms with Crippen LogP contribution >= 0.6 is 34.4 Å². The molecule has 2 amide bonds. The number of thioether (sulfide) groups is 1. The van der Waals surface area contributed by atoms with Crippen LogP contribution in [-0.2, 0) is 4.79 Å². The lowest BCUT2D eigenvalue weighted by atomic mass is 10.2. The summed E-state index contributed by atoms with van der Waals surface area (Å²) in [5, 5.41) is 2.00. The van der Waals surface area contributed by atoms with E-state index >= 15 is 0 Å². The van der Waals surface area contributed by atoms with E-state index < -0.39 is 0 Å². The van der Waals surface area contributed by atoms with Crippen molar-refractivity contribution in [1.82, 2.24) is 14.8 Å². The molecule has 1 atom stereocenters. The van der Waals surface area contributed by atoms with Crippen LogP contribution in [-0.4, -0.2) is 53.0 Å². The van der Waals surface area contributed by atoms with E-state index in [1.807, 2.05) is 29.3 Å². The third-order valence-electron chi connectivity index (χ3n) is 4.06. The van der Waals surface area contributed by atoms with Crippen molar-refractivity contribution in [2.45, 2.75) is 30.1 Å². The van der Waals surface area contributed by atoms with E-state index in [1.165, 1.54) is 23.1 Å². The minimum absolute atomic E-state index is 0.0156. The van der Waals surface area contributed by atoms with Crippen LogP contribution < -0.4 is 0 Å². The van der Waals surface area contributed by atoms with Crippen molar-refractivity contribution in [2.24, 2.45) is 0 Å². The Morgan fingerprint density at radius 1 is 1.40 bits per heavy atom. The van der Waals surface area contributed by atoms with E-state index in [-0.39, 0.29) is 17.9 Å². The van der Waals surface area contributed by atoms with Crippen LogP contribution in [0.25, 0.3) is 0 Å². The van der Waals surface area contributed by atoms with Crippen LogP contribution in [0.2, 0.25) is 0 Å². The molecule has 25 heavy (non-hydrogen) atoms. The van der Waals surface area contributed by atoms with Gasteiger partial charge in [-0.1, -0.05) is 11.8 Å². The first-order valence-corrected chi connectivity index (χ1v) is 10.8. The third kappa shape index (κ3) is 4.24. The number of thiophene rings is 1. The largest absolute Gasteiger partial charge is 0.344 e. The zero-order valence-corrected chi connectivity index (χ0v) is 17.0. The molecule has 3 rings (SSSR count). The fraction of sp³-hybridized carbons (Fsp3) is 0.471. The van der Waals surface area contributed by atoms with E-state index in [0.717, 1.165) is 39.2 Å². The maximum absolute atomic E-state index is 12.7. The van der Waals surface area contributed by atoms with Gasteiger partial charge in [-0.25, -0.2) is 4.98 Å². The number of aryl methyl sites for hydroxylation is 1. The van der Waals surface area contributed by atoms with Gasteiger partial charge in [-0.3, -0.25) is 9.59 Å². The van der Waals surface area contributed by atoms with Gasteiger partial charge in [0.25, 0.3) is 5.91 Å². The first-order valence-electron chi connectivity index (χ1n) is 8.11. The molecule has 3 heterocycles. The summed E-state index contributed by atoms with van der Waals surface area (Å²) in [5.41, 5.74) is 0.996. The maximum atomic E-state index is 12.7. The molecular weight excluding hydrogens is 374 g/mol. The zero-order valence-electron chi connectivity index (χ0n) is 14.5. The Labute approximate surface area is 160 Å². The topological polar surface area (TPSA) is 53.5 Å². The standard InChI is InChI=1S/C17H21N3O2S3/c1-11-9-23-17(18-11)24-10-15(21)20-8-4-5-12(20)13-6-7-14(25-13)16(22)19(2)3/h6-7,9,12H,4-5,8,10H2,1-3H3/t12-/m0/s1. The number of amides is 2. The minimum atomic E-state index is 0.0156. The van der Waals surface area contributed by atoms with Gasteiger partial charge >= 0.3 is 0 Å². The van der Waals surface area contributed by atoms with Crippen LogP contribution in [0.1, 0.15) is 39.1 Å². The lowest BCUT2D eigenvalue weighted by Gasteiger charge is -2.23. The van der Waals surface area contributed by atoms with E-state index in [4.69, 9.17) is 0 Å². The Bertz CT molecular complexity index is 769. The number of carbonyl (C=O) groups excluding carboxylic acids is 2. The second kappa shape index (κ2) is 7.88. The smallest absolute Gasteiger partial charge is 0.263 e. The summed E-state index contributed by atoms with van der Waals surface area (Å²) in [7, 11) is 3.51. The molecule has 1 aliphatic rings. The molecule has 1 aliphatic heterocycles. The molecule has 5 nitrogen and oxygen atoms in total. The van der Waals surface area contributed by atoms with Gasteiger partial charge in [0.2, 0.25) is 5.91 Å². The molecule has 0 aliphatic carbocycles. The van der Waals surface area contributed by atoms with Gasteiger partial charge in [0, 0.05) is 36.6 Å². The highest BCUT2D eigenvalue weighted by Gasteiger charge is 2.31. The fourth-order valence-corrected chi connectivity index (χ4v) is 5.75. The minimum Gasteiger partial charge on any atom is -0.344 e. The monoisotopic (exact) mass is 395 g/mol. The Morgan fingerprint density at radius 3 is 2.88 bits per heavy atom. The van der Waals surface area contributed by atoms with Gasteiger partial charge in [-0.05, 0) is 31.9 Å². The Balaban J connectivity index is 1.65. The lowest BCUT2D eigenvalue weighted by molar-refractivity contribution is -0.129.